The van der Waals surface area contributed by atoms with Crippen LogP contribution in [0, 0.1) is 5.82 Å². The maximum absolute atomic E-state index is 13.0. The fourth-order valence-electron chi connectivity index (χ4n) is 2.86. The van der Waals surface area contributed by atoms with E-state index in [0.29, 0.717) is 11.7 Å². The van der Waals surface area contributed by atoms with Crippen LogP contribution >= 0.6 is 11.8 Å². The van der Waals surface area contributed by atoms with Crippen LogP contribution in [0.5, 0.6) is 0 Å². The van der Waals surface area contributed by atoms with Crippen LogP contribution in [0.1, 0.15) is 5.56 Å². The van der Waals surface area contributed by atoms with Gasteiger partial charge in [0.1, 0.15) is 5.82 Å². The molecule has 0 radical (unpaired) electrons. The van der Waals surface area contributed by atoms with Gasteiger partial charge in [0.2, 0.25) is 11.1 Å². The number of halogens is 1. The number of rotatable bonds is 7. The second kappa shape index (κ2) is 9.37. The van der Waals surface area contributed by atoms with Gasteiger partial charge in [-0.3, -0.25) is 4.79 Å². The molecule has 1 heterocycles. The zero-order valence-corrected chi connectivity index (χ0v) is 16.8. The number of hydrogen-bond acceptors (Lipinski definition) is 4. The van der Waals surface area contributed by atoms with Gasteiger partial charge in [-0.2, -0.15) is 0 Å². The number of aromatic nitrogens is 3. The van der Waals surface area contributed by atoms with Crippen LogP contribution in [-0.2, 0) is 11.3 Å². The van der Waals surface area contributed by atoms with Crippen molar-refractivity contribution >= 4 is 17.7 Å². The van der Waals surface area contributed by atoms with Gasteiger partial charge in [0.25, 0.3) is 0 Å². The first-order valence-corrected chi connectivity index (χ1v) is 10.4. The van der Waals surface area contributed by atoms with E-state index in [1.807, 2.05) is 60.7 Å². The molecule has 0 spiro atoms. The summed E-state index contributed by atoms with van der Waals surface area (Å²) in [5.74, 6) is 0.474. The molecule has 0 saturated heterocycles. The highest BCUT2D eigenvalue weighted by Crippen LogP contribution is 2.24. The van der Waals surface area contributed by atoms with E-state index >= 15 is 0 Å². The molecule has 5 nitrogen and oxygen atoms in total. The number of carbonyl (C=O) groups is 1. The van der Waals surface area contributed by atoms with E-state index in [9.17, 15) is 9.18 Å². The summed E-state index contributed by atoms with van der Waals surface area (Å²) in [4.78, 5) is 16.9. The lowest BCUT2D eigenvalue weighted by atomic mass is 10.2. The van der Waals surface area contributed by atoms with Crippen molar-refractivity contribution in [2.24, 2.45) is 0 Å². The van der Waals surface area contributed by atoms with Crippen LogP contribution in [0.25, 0.3) is 17.1 Å². The Bertz CT molecular complexity index is 1060. The van der Waals surface area contributed by atoms with Gasteiger partial charge in [-0.15, -0.1) is 5.10 Å². The van der Waals surface area contributed by atoms with E-state index in [1.165, 1.54) is 23.9 Å². The molecule has 0 aliphatic carbocycles. The van der Waals surface area contributed by atoms with Gasteiger partial charge >= 0.3 is 0 Å². The van der Waals surface area contributed by atoms with Crippen LogP contribution < -0.4 is 5.32 Å². The van der Waals surface area contributed by atoms with Gasteiger partial charge in [-0.1, -0.05) is 72.4 Å². The number of nitrogens with one attached hydrogen (secondary N) is 1. The van der Waals surface area contributed by atoms with Gasteiger partial charge in [-0.25, -0.2) is 14.1 Å². The molecule has 1 aromatic heterocycles. The molecular weight excluding hydrogens is 399 g/mol. The Morgan fingerprint density at radius 3 is 2.30 bits per heavy atom. The molecule has 0 bridgehead atoms. The number of benzene rings is 3. The Balaban J connectivity index is 1.46. The van der Waals surface area contributed by atoms with Crippen molar-refractivity contribution in [2.45, 2.75) is 11.7 Å². The smallest absolute Gasteiger partial charge is 0.230 e. The molecule has 1 amide bonds. The summed E-state index contributed by atoms with van der Waals surface area (Å²) in [6.45, 7) is 0.348. The molecule has 1 N–H and O–H groups in total. The maximum Gasteiger partial charge on any atom is 0.230 e. The van der Waals surface area contributed by atoms with Crippen molar-refractivity contribution in [2.75, 3.05) is 5.75 Å². The van der Waals surface area contributed by atoms with Crippen molar-refractivity contribution in [1.29, 1.82) is 0 Å². The van der Waals surface area contributed by atoms with E-state index in [4.69, 9.17) is 0 Å². The summed E-state index contributed by atoms with van der Waals surface area (Å²) in [5.41, 5.74) is 2.69. The monoisotopic (exact) mass is 418 g/mol. The van der Waals surface area contributed by atoms with Gasteiger partial charge in [0.05, 0.1) is 11.4 Å². The summed E-state index contributed by atoms with van der Waals surface area (Å²) >= 11 is 1.28. The summed E-state index contributed by atoms with van der Waals surface area (Å²) in [6.07, 6.45) is 0. The fraction of sp³-hybridized carbons (Fsp3) is 0.0870. The van der Waals surface area contributed by atoms with Crippen LogP contribution in [0.4, 0.5) is 4.39 Å². The zero-order chi connectivity index (χ0) is 20.8. The molecule has 0 unspecified atom stereocenters. The minimum atomic E-state index is -0.296. The average Bonchev–Trinajstić information content (AvgIpc) is 3.23. The predicted octanol–water partition coefficient (Wildman–Crippen LogP) is 4.48. The van der Waals surface area contributed by atoms with Gasteiger partial charge in [-0.05, 0) is 29.8 Å². The molecule has 7 heteroatoms. The van der Waals surface area contributed by atoms with Gasteiger partial charge in [0.15, 0.2) is 5.82 Å². The Morgan fingerprint density at radius 1 is 0.933 bits per heavy atom. The lowest BCUT2D eigenvalue weighted by Gasteiger charge is -2.05. The molecule has 3 aromatic carbocycles. The Kier molecular flexibility index (Phi) is 6.20. The first-order valence-electron chi connectivity index (χ1n) is 9.41. The molecule has 30 heavy (non-hydrogen) atoms. The molecular formula is C23H19FN4OS. The lowest BCUT2D eigenvalue weighted by molar-refractivity contribution is -0.118. The quantitative estimate of drug-likeness (QED) is 0.450. The van der Waals surface area contributed by atoms with Crippen LogP contribution in [0.3, 0.4) is 0 Å². The van der Waals surface area contributed by atoms with E-state index in [1.54, 1.807) is 16.8 Å². The number of para-hydroxylation sites is 1. The highest BCUT2D eigenvalue weighted by Gasteiger charge is 2.15. The Labute approximate surface area is 178 Å². The standard InChI is InChI=1S/C23H19FN4OS/c24-19-13-11-17(12-14-19)15-25-21(29)16-30-23-26-22(18-7-3-1-4-8-18)28(27-23)20-9-5-2-6-10-20/h1-14H,15-16H2,(H,25,29). The van der Waals surface area contributed by atoms with Crippen molar-refractivity contribution in [3.63, 3.8) is 0 Å². The summed E-state index contributed by atoms with van der Waals surface area (Å²) in [5, 5.41) is 7.96. The minimum Gasteiger partial charge on any atom is -0.351 e. The van der Waals surface area contributed by atoms with Crippen molar-refractivity contribution < 1.29 is 9.18 Å². The minimum absolute atomic E-state index is 0.137. The van der Waals surface area contributed by atoms with Crippen LogP contribution in [-0.4, -0.2) is 26.4 Å². The van der Waals surface area contributed by atoms with E-state index in [-0.39, 0.29) is 17.5 Å². The third-order valence-corrected chi connectivity index (χ3v) is 5.19. The summed E-state index contributed by atoms with van der Waals surface area (Å²) in [6, 6.07) is 25.6. The van der Waals surface area contributed by atoms with Gasteiger partial charge in [0, 0.05) is 12.1 Å². The second-order valence-electron chi connectivity index (χ2n) is 6.52. The number of hydrogen-bond donors (Lipinski definition) is 1. The maximum atomic E-state index is 13.0. The number of amides is 1. The second-order valence-corrected chi connectivity index (χ2v) is 7.47. The van der Waals surface area contributed by atoms with E-state index in [0.717, 1.165) is 22.6 Å². The van der Waals surface area contributed by atoms with Crippen LogP contribution in [0.15, 0.2) is 90.1 Å². The Hall–Kier alpha value is -3.45. The highest BCUT2D eigenvalue weighted by atomic mass is 32.2. The highest BCUT2D eigenvalue weighted by molar-refractivity contribution is 7.99. The van der Waals surface area contributed by atoms with Gasteiger partial charge < -0.3 is 5.32 Å². The zero-order valence-electron chi connectivity index (χ0n) is 16.0. The third kappa shape index (κ3) is 4.93. The predicted molar refractivity (Wildman–Crippen MR) is 116 cm³/mol. The molecule has 0 fully saturated rings. The van der Waals surface area contributed by atoms with Crippen molar-refractivity contribution in [3.8, 4) is 17.1 Å². The first-order chi connectivity index (χ1) is 14.7. The van der Waals surface area contributed by atoms with Crippen molar-refractivity contribution in [1.82, 2.24) is 20.1 Å². The average molecular weight is 418 g/mol. The molecule has 4 aromatic rings. The Morgan fingerprint density at radius 2 is 1.60 bits per heavy atom. The number of nitrogens with zero attached hydrogens (tertiary/aromatic N) is 3. The topological polar surface area (TPSA) is 59.8 Å². The number of carbonyl (C=O) groups excluding carboxylic acids is 1. The van der Waals surface area contributed by atoms with E-state index < -0.39 is 0 Å². The summed E-state index contributed by atoms with van der Waals surface area (Å²) < 4.78 is 14.8. The normalized spacial score (nSPS) is 10.7. The third-order valence-electron chi connectivity index (χ3n) is 4.36. The largest absolute Gasteiger partial charge is 0.351 e. The lowest BCUT2D eigenvalue weighted by Crippen LogP contribution is -2.24. The van der Waals surface area contributed by atoms with Crippen molar-refractivity contribution in [3.05, 3.63) is 96.3 Å². The molecule has 0 aliphatic heterocycles. The first kappa shape index (κ1) is 19.8. The molecule has 150 valence electrons. The molecule has 0 saturated carbocycles. The molecule has 4 rings (SSSR count). The SMILES string of the molecule is O=C(CSc1nc(-c2ccccc2)n(-c2ccccc2)n1)NCc1ccc(F)cc1. The number of thioether (sulfide) groups is 1. The van der Waals surface area contributed by atoms with Crippen LogP contribution in [0.2, 0.25) is 0 Å². The summed E-state index contributed by atoms with van der Waals surface area (Å²) in [7, 11) is 0. The fourth-order valence-corrected chi connectivity index (χ4v) is 3.51. The molecule has 0 atom stereocenters. The van der Waals surface area contributed by atoms with E-state index in [2.05, 4.69) is 15.4 Å². The molecule has 0 aliphatic rings.